The minimum absolute atomic E-state index is 0. The molecule has 1 aromatic carbocycles. The van der Waals surface area contributed by atoms with Crippen LogP contribution in [-0.2, 0) is 13.6 Å². The van der Waals surface area contributed by atoms with Gasteiger partial charge in [-0.3, -0.25) is 4.99 Å². The highest BCUT2D eigenvalue weighted by Crippen LogP contribution is 2.16. The van der Waals surface area contributed by atoms with Crippen molar-refractivity contribution in [2.24, 2.45) is 12.0 Å². The smallest absolute Gasteiger partial charge is 0.191 e. The molecule has 1 heterocycles. The predicted octanol–water partition coefficient (Wildman–Crippen LogP) is 3.52. The van der Waals surface area contributed by atoms with Crippen molar-refractivity contribution < 1.29 is 4.39 Å². The molecule has 1 unspecified atom stereocenters. The molecule has 0 bridgehead atoms. The first kappa shape index (κ1) is 19.5. The van der Waals surface area contributed by atoms with Gasteiger partial charge in [-0.2, -0.15) is 0 Å². The summed E-state index contributed by atoms with van der Waals surface area (Å²) < 4.78 is 15.7. The normalized spacial score (nSPS) is 12.5. The van der Waals surface area contributed by atoms with Crippen LogP contribution in [0.2, 0.25) is 0 Å². The van der Waals surface area contributed by atoms with Crippen molar-refractivity contribution in [2.75, 3.05) is 7.05 Å². The zero-order valence-corrected chi connectivity index (χ0v) is 16.3. The van der Waals surface area contributed by atoms with Crippen molar-refractivity contribution in [3.63, 3.8) is 0 Å². The zero-order valence-electron chi connectivity index (χ0n) is 13.9. The Morgan fingerprint density at radius 3 is 2.65 bits per heavy atom. The molecule has 2 aromatic rings. The molecule has 1 atom stereocenters. The fourth-order valence-electron chi connectivity index (χ4n) is 2.22. The van der Waals surface area contributed by atoms with Gasteiger partial charge in [-0.1, -0.05) is 12.1 Å². The Morgan fingerprint density at radius 1 is 1.35 bits per heavy atom. The Balaban J connectivity index is 0.00000264. The number of hydrogen-bond donors (Lipinski definition) is 2. The van der Waals surface area contributed by atoms with Crippen LogP contribution >= 0.6 is 24.0 Å². The molecule has 126 valence electrons. The van der Waals surface area contributed by atoms with Gasteiger partial charge in [0.05, 0.1) is 12.6 Å². The molecule has 0 spiro atoms. The van der Waals surface area contributed by atoms with E-state index in [9.17, 15) is 4.39 Å². The average molecular weight is 430 g/mol. The molecular weight excluding hydrogens is 406 g/mol. The summed E-state index contributed by atoms with van der Waals surface area (Å²) in [6, 6.07) is 9.32. The highest BCUT2D eigenvalue weighted by atomic mass is 127. The molecule has 0 aliphatic rings. The Kier molecular flexibility index (Phi) is 7.54. The summed E-state index contributed by atoms with van der Waals surface area (Å²) in [6.07, 6.45) is 2.00. The number of aryl methyl sites for hydroxylation is 2. The van der Waals surface area contributed by atoms with Crippen molar-refractivity contribution in [2.45, 2.75) is 26.4 Å². The Hall–Kier alpha value is -1.57. The van der Waals surface area contributed by atoms with Crippen LogP contribution in [0.25, 0.3) is 0 Å². The standard InChI is InChI=1S/C17H23FN4.HI/c1-12-7-8-14(10-16(12)18)13(2)21-17(19-3)20-11-15-6-5-9-22(15)4;/h5-10,13H,11H2,1-4H3,(H2,19,20,21);1H. The van der Waals surface area contributed by atoms with Crippen LogP contribution in [0.1, 0.15) is 29.8 Å². The molecule has 1 aromatic heterocycles. The van der Waals surface area contributed by atoms with Gasteiger partial charge in [-0.05, 0) is 43.2 Å². The highest BCUT2D eigenvalue weighted by Gasteiger charge is 2.10. The van der Waals surface area contributed by atoms with Gasteiger partial charge in [-0.25, -0.2) is 4.39 Å². The van der Waals surface area contributed by atoms with E-state index in [1.807, 2.05) is 32.3 Å². The van der Waals surface area contributed by atoms with Gasteiger partial charge in [0.15, 0.2) is 5.96 Å². The predicted molar refractivity (Wildman–Crippen MR) is 104 cm³/mol. The summed E-state index contributed by atoms with van der Waals surface area (Å²) in [5.41, 5.74) is 2.71. The molecule has 0 amide bonds. The number of nitrogens with zero attached hydrogens (tertiary/aromatic N) is 2. The first-order valence-electron chi connectivity index (χ1n) is 7.34. The SMILES string of the molecule is CN=C(NCc1cccn1C)NC(C)c1ccc(C)c(F)c1.I. The Morgan fingerprint density at radius 2 is 2.09 bits per heavy atom. The van der Waals surface area contributed by atoms with Gasteiger partial charge in [-0.15, -0.1) is 24.0 Å². The van der Waals surface area contributed by atoms with Crippen molar-refractivity contribution in [1.29, 1.82) is 0 Å². The van der Waals surface area contributed by atoms with E-state index in [2.05, 4.69) is 26.3 Å². The van der Waals surface area contributed by atoms with Crippen molar-refractivity contribution >= 4 is 29.9 Å². The van der Waals surface area contributed by atoms with E-state index in [0.29, 0.717) is 18.1 Å². The van der Waals surface area contributed by atoms with E-state index in [4.69, 9.17) is 0 Å². The lowest BCUT2D eigenvalue weighted by molar-refractivity contribution is 0.607. The molecule has 4 nitrogen and oxygen atoms in total. The van der Waals surface area contributed by atoms with E-state index in [1.165, 1.54) is 0 Å². The number of aromatic nitrogens is 1. The molecule has 6 heteroatoms. The van der Waals surface area contributed by atoms with Gasteiger partial charge in [0.2, 0.25) is 0 Å². The lowest BCUT2D eigenvalue weighted by atomic mass is 10.1. The first-order chi connectivity index (χ1) is 10.5. The van der Waals surface area contributed by atoms with Crippen LogP contribution in [0, 0.1) is 12.7 Å². The molecular formula is C17H24FIN4. The number of benzene rings is 1. The summed E-state index contributed by atoms with van der Waals surface area (Å²) in [7, 11) is 3.73. The van der Waals surface area contributed by atoms with Crippen LogP contribution in [0.3, 0.4) is 0 Å². The third-order valence-electron chi connectivity index (χ3n) is 3.76. The summed E-state index contributed by atoms with van der Waals surface area (Å²) in [5.74, 6) is 0.507. The number of nitrogens with one attached hydrogen (secondary N) is 2. The highest BCUT2D eigenvalue weighted by molar-refractivity contribution is 14.0. The summed E-state index contributed by atoms with van der Waals surface area (Å²) in [4.78, 5) is 4.21. The fourth-order valence-corrected chi connectivity index (χ4v) is 2.22. The fraction of sp³-hybridized carbons (Fsp3) is 0.353. The zero-order chi connectivity index (χ0) is 16.1. The molecule has 23 heavy (non-hydrogen) atoms. The van der Waals surface area contributed by atoms with Gasteiger partial charge >= 0.3 is 0 Å². The van der Waals surface area contributed by atoms with Gasteiger partial charge in [0, 0.05) is 26.0 Å². The summed E-state index contributed by atoms with van der Waals surface area (Å²) in [6.45, 7) is 4.43. The van der Waals surface area contributed by atoms with Gasteiger partial charge in [0.25, 0.3) is 0 Å². The van der Waals surface area contributed by atoms with Crippen LogP contribution in [0.4, 0.5) is 4.39 Å². The molecule has 0 aliphatic carbocycles. The average Bonchev–Trinajstić information content (AvgIpc) is 2.91. The number of guanidine groups is 1. The molecule has 2 N–H and O–H groups in total. The lowest BCUT2D eigenvalue weighted by Crippen LogP contribution is -2.38. The van der Waals surface area contributed by atoms with E-state index >= 15 is 0 Å². The van der Waals surface area contributed by atoms with E-state index in [-0.39, 0.29) is 35.8 Å². The minimum atomic E-state index is -0.182. The van der Waals surface area contributed by atoms with Crippen molar-refractivity contribution in [3.05, 3.63) is 59.2 Å². The first-order valence-corrected chi connectivity index (χ1v) is 7.34. The van der Waals surface area contributed by atoms with Crippen LogP contribution < -0.4 is 10.6 Å². The molecule has 0 aliphatic heterocycles. The monoisotopic (exact) mass is 430 g/mol. The second-order valence-corrected chi connectivity index (χ2v) is 5.41. The number of rotatable bonds is 4. The molecule has 0 saturated heterocycles. The second kappa shape index (κ2) is 8.90. The quantitative estimate of drug-likeness (QED) is 0.443. The number of halogens is 2. The Bertz CT molecular complexity index is 666. The van der Waals surface area contributed by atoms with Crippen LogP contribution in [0.5, 0.6) is 0 Å². The van der Waals surface area contributed by atoms with E-state index in [1.54, 1.807) is 26.1 Å². The third kappa shape index (κ3) is 5.23. The summed E-state index contributed by atoms with van der Waals surface area (Å²) >= 11 is 0. The summed E-state index contributed by atoms with van der Waals surface area (Å²) in [5, 5.41) is 6.54. The maximum atomic E-state index is 13.7. The number of aliphatic imine (C=N–C) groups is 1. The van der Waals surface area contributed by atoms with Gasteiger partial charge < -0.3 is 15.2 Å². The van der Waals surface area contributed by atoms with Crippen LogP contribution in [-0.4, -0.2) is 17.6 Å². The third-order valence-corrected chi connectivity index (χ3v) is 3.76. The minimum Gasteiger partial charge on any atom is -0.353 e. The second-order valence-electron chi connectivity index (χ2n) is 5.41. The largest absolute Gasteiger partial charge is 0.353 e. The van der Waals surface area contributed by atoms with E-state index < -0.39 is 0 Å². The maximum absolute atomic E-state index is 13.7. The maximum Gasteiger partial charge on any atom is 0.191 e. The van der Waals surface area contributed by atoms with Gasteiger partial charge in [0.1, 0.15) is 5.82 Å². The lowest BCUT2D eigenvalue weighted by Gasteiger charge is -2.19. The molecule has 2 rings (SSSR count). The number of hydrogen-bond acceptors (Lipinski definition) is 1. The van der Waals surface area contributed by atoms with Crippen molar-refractivity contribution in [3.8, 4) is 0 Å². The van der Waals surface area contributed by atoms with Crippen molar-refractivity contribution in [1.82, 2.24) is 15.2 Å². The Labute approximate surface area is 154 Å². The van der Waals surface area contributed by atoms with Crippen LogP contribution in [0.15, 0.2) is 41.5 Å². The van der Waals surface area contributed by atoms with E-state index in [0.717, 1.165) is 11.3 Å². The molecule has 0 fully saturated rings. The molecule has 0 saturated carbocycles. The molecule has 0 radical (unpaired) electrons. The topological polar surface area (TPSA) is 41.4 Å².